The first kappa shape index (κ1) is 29.2. The van der Waals surface area contributed by atoms with Gasteiger partial charge in [0.15, 0.2) is 0 Å². The van der Waals surface area contributed by atoms with Crippen LogP contribution < -0.4 is 16.0 Å². The van der Waals surface area contributed by atoms with Crippen molar-refractivity contribution in [2.75, 3.05) is 24.7 Å². The van der Waals surface area contributed by atoms with E-state index in [-0.39, 0.29) is 25.3 Å². The Balaban J connectivity index is 1.58. The van der Waals surface area contributed by atoms with Gasteiger partial charge in [-0.3, -0.25) is 14.4 Å². The van der Waals surface area contributed by atoms with E-state index < -0.39 is 69.1 Å². The van der Waals surface area contributed by atoms with E-state index >= 15 is 0 Å². The summed E-state index contributed by atoms with van der Waals surface area (Å²) in [5, 5.41) is 6.88. The molecule has 0 radical (unpaired) electrons. The van der Waals surface area contributed by atoms with E-state index in [0.29, 0.717) is 42.4 Å². The van der Waals surface area contributed by atoms with Crippen LogP contribution in [0.4, 0.5) is 18.9 Å². The van der Waals surface area contributed by atoms with Gasteiger partial charge in [-0.05, 0) is 50.0 Å². The smallest absolute Gasteiger partial charge is 0.255 e. The Morgan fingerprint density at radius 3 is 2.64 bits per heavy atom. The Bertz CT molecular complexity index is 1280. The van der Waals surface area contributed by atoms with E-state index in [4.69, 9.17) is 11.6 Å². The van der Waals surface area contributed by atoms with Crippen molar-refractivity contribution in [2.24, 2.45) is 11.8 Å². The third kappa shape index (κ3) is 6.68. The number of hydrogen-bond acceptors (Lipinski definition) is 6. The summed E-state index contributed by atoms with van der Waals surface area (Å²) in [6.07, 6.45) is 1.27. The Morgan fingerprint density at radius 2 is 2.03 bits per heavy atom. The zero-order valence-electron chi connectivity index (χ0n) is 21.1. The van der Waals surface area contributed by atoms with E-state index in [1.54, 1.807) is 24.3 Å². The highest BCUT2D eigenvalue weighted by Crippen LogP contribution is 2.49. The zero-order valence-corrected chi connectivity index (χ0v) is 22.7. The first-order valence-corrected chi connectivity index (χ1v) is 14.9. The van der Waals surface area contributed by atoms with Crippen LogP contribution in [0, 0.1) is 11.8 Å². The number of amides is 3. The minimum atomic E-state index is -4.25. The fourth-order valence-corrected chi connectivity index (χ4v) is 6.23. The molecule has 1 saturated carbocycles. The Labute approximate surface area is 229 Å². The lowest BCUT2D eigenvalue weighted by Crippen LogP contribution is -2.69. The highest BCUT2D eigenvalue weighted by molar-refractivity contribution is 7.94. The lowest BCUT2D eigenvalue weighted by molar-refractivity contribution is -0.193. The molecule has 5 atom stereocenters. The van der Waals surface area contributed by atoms with Crippen molar-refractivity contribution in [1.29, 1.82) is 0 Å². The number of carbonyl (C=O) groups excluding carboxylic acids is 3. The fourth-order valence-electron chi connectivity index (χ4n) is 5.63. The predicted octanol–water partition coefficient (Wildman–Crippen LogP) is 2.63. The van der Waals surface area contributed by atoms with Crippen molar-refractivity contribution in [2.45, 2.75) is 56.2 Å². The quantitative estimate of drug-likeness (QED) is 0.406. The molecule has 9 nitrogen and oxygen atoms in total. The number of halogens is 4. The molecule has 2 bridgehead atoms. The molecule has 0 spiro atoms. The summed E-state index contributed by atoms with van der Waals surface area (Å²) in [5.41, 5.74) is 0.528. The van der Waals surface area contributed by atoms with Crippen LogP contribution in [0.25, 0.3) is 0 Å². The van der Waals surface area contributed by atoms with Crippen LogP contribution in [0.2, 0.25) is 5.02 Å². The second-order valence-electron chi connectivity index (χ2n) is 10.3. The van der Waals surface area contributed by atoms with Gasteiger partial charge in [0.1, 0.15) is 6.04 Å². The van der Waals surface area contributed by atoms with Crippen LogP contribution in [0.3, 0.4) is 0 Å². The molecule has 0 unspecified atom stereocenters. The number of fused-ring (bicyclic) bond motifs is 3. The normalized spacial score (nSPS) is 27.2. The molecular formula is C25H30ClF3N4O5S. The largest absolute Gasteiger partial charge is 0.376 e. The third-order valence-electron chi connectivity index (χ3n) is 7.48. The molecule has 14 heteroatoms. The summed E-state index contributed by atoms with van der Waals surface area (Å²) in [5.74, 6) is -7.20. The Kier molecular flexibility index (Phi) is 8.50. The minimum Gasteiger partial charge on any atom is -0.376 e. The molecule has 3 heterocycles. The number of carbonyl (C=O) groups is 3. The first-order valence-electron chi connectivity index (χ1n) is 12.6. The maximum absolute atomic E-state index is 15.0. The number of nitrogens with zero attached hydrogens (tertiary/aromatic N) is 1. The second-order valence-corrected chi connectivity index (χ2v) is 12.7. The van der Waals surface area contributed by atoms with Gasteiger partial charge in [-0.15, -0.1) is 0 Å². The van der Waals surface area contributed by atoms with Crippen molar-refractivity contribution in [3.05, 3.63) is 40.5 Å². The van der Waals surface area contributed by atoms with Crippen LogP contribution in [0.5, 0.6) is 0 Å². The molecule has 4 fully saturated rings. The third-order valence-corrected chi connectivity index (χ3v) is 8.56. The van der Waals surface area contributed by atoms with Crippen LogP contribution >= 0.6 is 11.6 Å². The molecule has 1 aromatic carbocycles. The topological polar surface area (TPSA) is 125 Å². The van der Waals surface area contributed by atoms with Gasteiger partial charge >= 0.3 is 0 Å². The summed E-state index contributed by atoms with van der Waals surface area (Å²) in [4.78, 5) is 40.1. The van der Waals surface area contributed by atoms with Gasteiger partial charge in [-0.25, -0.2) is 17.2 Å². The van der Waals surface area contributed by atoms with Crippen molar-refractivity contribution >= 4 is 44.8 Å². The average Bonchev–Trinajstić information content (AvgIpc) is 3.25. The number of benzene rings is 1. The monoisotopic (exact) mass is 590 g/mol. The SMILES string of the molecule is CS(=O)(=O)/C(F)=C\[C@H](C[C@H]1CCNC1=O)NC(=O)[C@@H]1[C@@H]2CC[C@@H](CC2(F)F)N1C(=O)CNc1cccc(Cl)c1. The summed E-state index contributed by atoms with van der Waals surface area (Å²) < 4.78 is 67.7. The van der Waals surface area contributed by atoms with Gasteiger partial charge in [-0.2, -0.15) is 4.39 Å². The minimum absolute atomic E-state index is 0.00446. The molecule has 3 amide bonds. The molecule has 5 rings (SSSR count). The summed E-state index contributed by atoms with van der Waals surface area (Å²) in [6.45, 7) is 0.0795. The van der Waals surface area contributed by atoms with Crippen molar-refractivity contribution in [3.8, 4) is 0 Å². The Morgan fingerprint density at radius 1 is 1.28 bits per heavy atom. The highest BCUT2D eigenvalue weighted by atomic mass is 35.5. The molecule has 1 aliphatic carbocycles. The molecule has 3 saturated heterocycles. The van der Waals surface area contributed by atoms with Gasteiger partial charge in [0, 0.05) is 41.9 Å². The molecule has 214 valence electrons. The number of sulfone groups is 1. The van der Waals surface area contributed by atoms with Crippen LogP contribution in [0.15, 0.2) is 35.5 Å². The molecule has 3 aliphatic heterocycles. The zero-order chi connectivity index (χ0) is 28.5. The first-order chi connectivity index (χ1) is 18.3. The number of nitrogens with one attached hydrogen (secondary N) is 3. The van der Waals surface area contributed by atoms with Crippen LogP contribution in [-0.4, -0.2) is 74.4 Å². The maximum Gasteiger partial charge on any atom is 0.255 e. The van der Waals surface area contributed by atoms with Gasteiger partial charge in [0.05, 0.1) is 18.5 Å². The Hall–Kier alpha value is -2.80. The summed E-state index contributed by atoms with van der Waals surface area (Å²) in [7, 11) is -4.25. The molecular weight excluding hydrogens is 561 g/mol. The molecule has 0 aromatic heterocycles. The van der Waals surface area contributed by atoms with Gasteiger partial charge < -0.3 is 20.9 Å². The predicted molar refractivity (Wildman–Crippen MR) is 138 cm³/mol. The number of rotatable bonds is 9. The average molecular weight is 591 g/mol. The second kappa shape index (κ2) is 11.4. The van der Waals surface area contributed by atoms with Crippen LogP contribution in [-0.2, 0) is 24.2 Å². The van der Waals surface area contributed by atoms with E-state index in [9.17, 15) is 36.0 Å². The number of hydrogen-bond donors (Lipinski definition) is 3. The maximum atomic E-state index is 15.0. The highest BCUT2D eigenvalue weighted by Gasteiger charge is 2.60. The molecule has 3 N–H and O–H groups in total. The van der Waals surface area contributed by atoms with Gasteiger partial charge in [-0.1, -0.05) is 17.7 Å². The van der Waals surface area contributed by atoms with E-state index in [2.05, 4.69) is 16.0 Å². The van der Waals surface area contributed by atoms with Gasteiger partial charge in [0.25, 0.3) is 5.92 Å². The fraction of sp³-hybridized carbons (Fsp3) is 0.560. The van der Waals surface area contributed by atoms with Crippen molar-refractivity contribution < 1.29 is 36.0 Å². The lowest BCUT2D eigenvalue weighted by Gasteiger charge is -2.53. The lowest BCUT2D eigenvalue weighted by atomic mass is 9.71. The summed E-state index contributed by atoms with van der Waals surface area (Å²) in [6, 6.07) is 2.84. The number of piperidine rings is 2. The summed E-state index contributed by atoms with van der Waals surface area (Å²) >= 11 is 5.97. The molecule has 1 aromatic rings. The number of alkyl halides is 2. The van der Waals surface area contributed by atoms with Gasteiger partial charge in [0.2, 0.25) is 32.7 Å². The standard InChI is InChI=1S/C25H30ClF3N4O5S/c1-39(37,38)20(27)11-17(9-14-7-8-30-23(14)35)32-24(36)22-19-6-5-18(12-25(19,28)29)33(22)21(34)13-31-16-4-2-3-15(26)10-16/h2-4,10-11,14,17-19,22,31H,5-9,12-13H2,1H3,(H,30,35)(H,32,36)/b20-11-/t14-,17+,18+,19+,22+/m1/s1. The van der Waals surface area contributed by atoms with E-state index in [1.807, 2.05) is 0 Å². The molecule has 39 heavy (non-hydrogen) atoms. The van der Waals surface area contributed by atoms with E-state index in [0.717, 1.165) is 4.90 Å². The molecule has 4 aliphatic rings. The van der Waals surface area contributed by atoms with Crippen molar-refractivity contribution in [1.82, 2.24) is 15.5 Å². The van der Waals surface area contributed by atoms with Crippen LogP contribution in [0.1, 0.15) is 32.1 Å². The number of anilines is 1. The van der Waals surface area contributed by atoms with E-state index in [1.165, 1.54) is 0 Å². The van der Waals surface area contributed by atoms with Crippen molar-refractivity contribution in [3.63, 3.8) is 0 Å².